The average molecular weight is 262 g/mol. The minimum atomic E-state index is -0.247. The van der Waals surface area contributed by atoms with E-state index in [0.717, 1.165) is 18.7 Å². The largest absolute Gasteiger partial charge is 0.384 e. The van der Waals surface area contributed by atoms with Crippen molar-refractivity contribution in [3.63, 3.8) is 0 Å². The Kier molecular flexibility index (Phi) is 4.33. The lowest BCUT2D eigenvalue weighted by molar-refractivity contribution is -0.119. The highest BCUT2D eigenvalue weighted by Crippen LogP contribution is 2.07. The van der Waals surface area contributed by atoms with Crippen LogP contribution >= 0.6 is 0 Å². The molecule has 0 aromatic carbocycles. The highest BCUT2D eigenvalue weighted by molar-refractivity contribution is 5.93. The molecule has 1 aromatic heterocycles. The van der Waals surface area contributed by atoms with E-state index >= 15 is 0 Å². The van der Waals surface area contributed by atoms with Crippen LogP contribution in [0.3, 0.4) is 0 Å². The average Bonchev–Trinajstić information content (AvgIpc) is 2.82. The minimum absolute atomic E-state index is 0.0302. The van der Waals surface area contributed by atoms with Crippen LogP contribution in [-0.4, -0.2) is 35.9 Å². The summed E-state index contributed by atoms with van der Waals surface area (Å²) in [5.74, 6) is -0.277. The predicted octanol–water partition coefficient (Wildman–Crippen LogP) is 0.522. The number of amides is 2. The maximum atomic E-state index is 11.9. The number of aromatic nitrogens is 1. The Morgan fingerprint density at radius 2 is 2.37 bits per heavy atom. The minimum Gasteiger partial charge on any atom is -0.384 e. The van der Waals surface area contributed by atoms with Gasteiger partial charge in [0.1, 0.15) is 5.69 Å². The van der Waals surface area contributed by atoms with Gasteiger partial charge in [0, 0.05) is 19.5 Å². The summed E-state index contributed by atoms with van der Waals surface area (Å²) < 4.78 is 0. The van der Waals surface area contributed by atoms with Gasteiger partial charge in [-0.2, -0.15) is 0 Å². The van der Waals surface area contributed by atoms with Crippen LogP contribution in [0.4, 0.5) is 5.69 Å². The zero-order chi connectivity index (χ0) is 13.7. The summed E-state index contributed by atoms with van der Waals surface area (Å²) in [5, 5.41) is 8.65. The molecule has 1 atom stereocenters. The summed E-state index contributed by atoms with van der Waals surface area (Å²) in [7, 11) is 0. The summed E-state index contributed by atoms with van der Waals surface area (Å²) in [6.07, 6.45) is 3.01. The molecule has 1 aliphatic heterocycles. The molecule has 102 valence electrons. The number of nitrogens with one attached hydrogen (secondary N) is 3. The fraction of sp³-hybridized carbons (Fsp3) is 0.462. The first-order chi connectivity index (χ1) is 9.19. The maximum absolute atomic E-state index is 11.9. The van der Waals surface area contributed by atoms with E-state index in [9.17, 15) is 9.59 Å². The van der Waals surface area contributed by atoms with Crippen molar-refractivity contribution in [1.82, 2.24) is 15.6 Å². The number of carbonyl (C=O) groups is 2. The lowest BCUT2D eigenvalue weighted by Gasteiger charge is -2.10. The van der Waals surface area contributed by atoms with Gasteiger partial charge < -0.3 is 16.0 Å². The van der Waals surface area contributed by atoms with Crippen molar-refractivity contribution >= 4 is 17.5 Å². The van der Waals surface area contributed by atoms with Crippen molar-refractivity contribution in [2.75, 3.05) is 18.4 Å². The van der Waals surface area contributed by atoms with Crippen molar-refractivity contribution in [3.8, 4) is 0 Å². The maximum Gasteiger partial charge on any atom is 0.270 e. The van der Waals surface area contributed by atoms with Crippen LogP contribution in [0.5, 0.6) is 0 Å². The van der Waals surface area contributed by atoms with Crippen molar-refractivity contribution in [2.45, 2.75) is 25.8 Å². The molecular weight excluding hydrogens is 244 g/mol. The van der Waals surface area contributed by atoms with Gasteiger partial charge in [-0.15, -0.1) is 0 Å². The normalized spacial score (nSPS) is 17.9. The molecule has 2 heterocycles. The Morgan fingerprint density at radius 1 is 1.53 bits per heavy atom. The van der Waals surface area contributed by atoms with E-state index in [1.807, 2.05) is 6.07 Å². The third kappa shape index (κ3) is 3.67. The molecule has 0 bridgehead atoms. The fourth-order valence-electron chi connectivity index (χ4n) is 1.87. The predicted molar refractivity (Wildman–Crippen MR) is 71.9 cm³/mol. The van der Waals surface area contributed by atoms with Crippen molar-refractivity contribution < 1.29 is 9.59 Å². The molecular formula is C13H18N4O2. The number of rotatable bonds is 5. The van der Waals surface area contributed by atoms with E-state index < -0.39 is 0 Å². The van der Waals surface area contributed by atoms with Gasteiger partial charge >= 0.3 is 0 Å². The number of carbonyl (C=O) groups excluding carboxylic acids is 2. The fourth-order valence-corrected chi connectivity index (χ4v) is 1.87. The van der Waals surface area contributed by atoms with Crippen molar-refractivity contribution in [3.05, 3.63) is 24.0 Å². The Labute approximate surface area is 112 Å². The first-order valence-electron chi connectivity index (χ1n) is 6.46. The standard InChI is InChI=1S/C13H18N4O2/c1-2-5-14-9-3-4-11(15-7-9)13(19)17-10-6-12(18)16-8-10/h3-4,7,10,14H,2,5-6,8H2,1H3,(H,16,18)(H,17,19). The number of anilines is 1. The van der Waals surface area contributed by atoms with E-state index in [1.54, 1.807) is 12.3 Å². The summed E-state index contributed by atoms with van der Waals surface area (Å²) in [5.41, 5.74) is 1.26. The molecule has 6 nitrogen and oxygen atoms in total. The van der Waals surface area contributed by atoms with Crippen LogP contribution < -0.4 is 16.0 Å². The van der Waals surface area contributed by atoms with Crippen LogP contribution in [0.15, 0.2) is 18.3 Å². The van der Waals surface area contributed by atoms with Crippen LogP contribution in [0.25, 0.3) is 0 Å². The van der Waals surface area contributed by atoms with Gasteiger partial charge in [0.15, 0.2) is 0 Å². The highest BCUT2D eigenvalue weighted by atomic mass is 16.2. The number of hydrogen-bond donors (Lipinski definition) is 3. The summed E-state index contributed by atoms with van der Waals surface area (Å²) in [6, 6.07) is 3.37. The molecule has 1 fully saturated rings. The topological polar surface area (TPSA) is 83.1 Å². The third-order valence-corrected chi connectivity index (χ3v) is 2.89. The third-order valence-electron chi connectivity index (χ3n) is 2.89. The van der Waals surface area contributed by atoms with E-state index in [1.165, 1.54) is 0 Å². The number of nitrogens with zero attached hydrogens (tertiary/aromatic N) is 1. The molecule has 1 saturated heterocycles. The van der Waals surface area contributed by atoms with Gasteiger partial charge in [-0.3, -0.25) is 9.59 Å². The molecule has 3 N–H and O–H groups in total. The molecule has 0 spiro atoms. The molecule has 0 radical (unpaired) electrons. The molecule has 0 saturated carbocycles. The second kappa shape index (κ2) is 6.17. The van der Waals surface area contributed by atoms with Gasteiger partial charge in [-0.25, -0.2) is 4.98 Å². The smallest absolute Gasteiger partial charge is 0.270 e. The second-order valence-corrected chi connectivity index (χ2v) is 4.54. The molecule has 0 aliphatic carbocycles. The van der Waals surface area contributed by atoms with Gasteiger partial charge in [0.05, 0.1) is 17.9 Å². The Bertz CT molecular complexity index is 458. The van der Waals surface area contributed by atoms with Crippen molar-refractivity contribution in [2.24, 2.45) is 0 Å². The lowest BCUT2D eigenvalue weighted by atomic mass is 10.2. The monoisotopic (exact) mass is 262 g/mol. The van der Waals surface area contributed by atoms with Crippen LogP contribution in [0, 0.1) is 0 Å². The molecule has 2 rings (SSSR count). The van der Waals surface area contributed by atoms with Gasteiger partial charge in [0.25, 0.3) is 5.91 Å². The Balaban J connectivity index is 1.90. The van der Waals surface area contributed by atoms with Gasteiger partial charge in [-0.1, -0.05) is 6.92 Å². The van der Waals surface area contributed by atoms with Crippen molar-refractivity contribution in [1.29, 1.82) is 0 Å². The Morgan fingerprint density at radius 3 is 2.95 bits per heavy atom. The summed E-state index contributed by atoms with van der Waals surface area (Å²) in [4.78, 5) is 27.0. The van der Waals surface area contributed by atoms with Crippen LogP contribution in [0.1, 0.15) is 30.3 Å². The molecule has 19 heavy (non-hydrogen) atoms. The van der Waals surface area contributed by atoms with E-state index in [0.29, 0.717) is 18.7 Å². The quantitative estimate of drug-likeness (QED) is 0.722. The summed E-state index contributed by atoms with van der Waals surface area (Å²) in [6.45, 7) is 3.45. The Hall–Kier alpha value is -2.11. The molecule has 1 unspecified atom stereocenters. The van der Waals surface area contributed by atoms with Crippen LogP contribution in [0.2, 0.25) is 0 Å². The van der Waals surface area contributed by atoms with Gasteiger partial charge in [-0.05, 0) is 18.6 Å². The van der Waals surface area contributed by atoms with E-state index in [-0.39, 0.29) is 17.9 Å². The zero-order valence-corrected chi connectivity index (χ0v) is 10.9. The van der Waals surface area contributed by atoms with Crippen LogP contribution in [-0.2, 0) is 4.79 Å². The second-order valence-electron chi connectivity index (χ2n) is 4.54. The summed E-state index contributed by atoms with van der Waals surface area (Å²) >= 11 is 0. The molecule has 6 heteroatoms. The molecule has 1 aromatic rings. The lowest BCUT2D eigenvalue weighted by Crippen LogP contribution is -2.36. The SMILES string of the molecule is CCCNc1ccc(C(=O)NC2CNC(=O)C2)nc1. The number of hydrogen-bond acceptors (Lipinski definition) is 4. The molecule has 2 amide bonds. The first kappa shape index (κ1) is 13.3. The van der Waals surface area contributed by atoms with E-state index in [4.69, 9.17) is 0 Å². The first-order valence-corrected chi connectivity index (χ1v) is 6.46. The highest BCUT2D eigenvalue weighted by Gasteiger charge is 2.23. The zero-order valence-electron chi connectivity index (χ0n) is 10.9. The van der Waals surface area contributed by atoms with Gasteiger partial charge in [0.2, 0.25) is 5.91 Å². The van der Waals surface area contributed by atoms with E-state index in [2.05, 4.69) is 27.9 Å². The molecule has 1 aliphatic rings. The number of pyridine rings is 1.